The number of β-amino-alcohol motifs (C(OH)–C–C–N with tert-alkyl or cyclic N) is 1. The quantitative estimate of drug-likeness (QED) is 0.804. The Kier molecular flexibility index (Phi) is 4.22. The first-order chi connectivity index (χ1) is 9.76. The third-order valence-corrected chi connectivity index (χ3v) is 3.11. The molecule has 21 heavy (non-hydrogen) atoms. The van der Waals surface area contributed by atoms with Gasteiger partial charge in [-0.15, -0.1) is 0 Å². The van der Waals surface area contributed by atoms with Crippen molar-refractivity contribution in [1.82, 2.24) is 9.88 Å². The average molecular weight is 294 g/mol. The van der Waals surface area contributed by atoms with Gasteiger partial charge < -0.3 is 25.4 Å². The Morgan fingerprint density at radius 3 is 2.67 bits per heavy atom. The van der Waals surface area contributed by atoms with Gasteiger partial charge in [0.05, 0.1) is 18.4 Å². The molecule has 0 saturated carbocycles. The summed E-state index contributed by atoms with van der Waals surface area (Å²) in [6.45, 7) is 6.63. The van der Waals surface area contributed by atoms with E-state index < -0.39 is 17.9 Å². The van der Waals surface area contributed by atoms with E-state index in [1.54, 1.807) is 23.2 Å². The third kappa shape index (κ3) is 3.98. The summed E-state index contributed by atoms with van der Waals surface area (Å²) >= 11 is 0. The molecule has 2 heterocycles. The summed E-state index contributed by atoms with van der Waals surface area (Å²) in [4.78, 5) is 19.3. The number of aliphatic hydroxyl groups is 1. The number of nitrogen functional groups attached to an aromatic ring is 1. The zero-order valence-corrected chi connectivity index (χ0v) is 12.6. The van der Waals surface area contributed by atoms with Crippen molar-refractivity contribution in [2.24, 2.45) is 0 Å². The van der Waals surface area contributed by atoms with Crippen LogP contribution in [-0.2, 0) is 4.74 Å². The number of nitrogens with two attached hydrogens (primary N) is 1. The number of piperazine rings is 1. The molecule has 1 atom stereocenters. The highest BCUT2D eigenvalue weighted by Crippen LogP contribution is 2.20. The van der Waals surface area contributed by atoms with Crippen molar-refractivity contribution in [3.8, 4) is 0 Å². The van der Waals surface area contributed by atoms with Crippen molar-refractivity contribution in [1.29, 1.82) is 0 Å². The molecule has 116 valence electrons. The van der Waals surface area contributed by atoms with Gasteiger partial charge in [-0.25, -0.2) is 9.78 Å². The largest absolute Gasteiger partial charge is 0.444 e. The highest BCUT2D eigenvalue weighted by atomic mass is 16.6. The van der Waals surface area contributed by atoms with E-state index in [0.717, 1.165) is 5.69 Å². The zero-order chi connectivity index (χ0) is 15.6. The zero-order valence-electron chi connectivity index (χ0n) is 12.6. The first kappa shape index (κ1) is 15.4. The molecule has 1 saturated heterocycles. The normalized spacial score (nSPS) is 19.5. The Balaban J connectivity index is 1.99. The number of anilines is 2. The van der Waals surface area contributed by atoms with E-state index in [9.17, 15) is 9.90 Å². The van der Waals surface area contributed by atoms with Crippen molar-refractivity contribution in [2.75, 3.05) is 30.3 Å². The maximum atomic E-state index is 12.0. The summed E-state index contributed by atoms with van der Waals surface area (Å²) in [6, 6.07) is 3.48. The second-order valence-electron chi connectivity index (χ2n) is 6.04. The topological polar surface area (TPSA) is 91.9 Å². The predicted octanol–water partition coefficient (Wildman–Crippen LogP) is 1.04. The average Bonchev–Trinajstić information content (AvgIpc) is 2.38. The van der Waals surface area contributed by atoms with Crippen LogP contribution in [0, 0.1) is 0 Å². The highest BCUT2D eigenvalue weighted by molar-refractivity contribution is 5.68. The summed E-state index contributed by atoms with van der Waals surface area (Å²) in [6.07, 6.45) is 0.412. The van der Waals surface area contributed by atoms with E-state index in [-0.39, 0.29) is 6.54 Å². The van der Waals surface area contributed by atoms with Gasteiger partial charge >= 0.3 is 6.09 Å². The smallest absolute Gasteiger partial charge is 0.410 e. The number of rotatable bonds is 1. The fourth-order valence-electron chi connectivity index (χ4n) is 2.13. The third-order valence-electron chi connectivity index (χ3n) is 3.11. The van der Waals surface area contributed by atoms with E-state index in [1.807, 2.05) is 20.8 Å². The second-order valence-corrected chi connectivity index (χ2v) is 6.04. The van der Waals surface area contributed by atoms with Gasteiger partial charge in [-0.05, 0) is 32.9 Å². The molecule has 1 unspecified atom stereocenters. The fourth-order valence-corrected chi connectivity index (χ4v) is 2.13. The molecule has 1 aliphatic rings. The Labute approximate surface area is 124 Å². The van der Waals surface area contributed by atoms with Crippen LogP contribution in [-0.4, -0.2) is 52.5 Å². The van der Waals surface area contributed by atoms with Gasteiger partial charge in [0.2, 0.25) is 0 Å². The Morgan fingerprint density at radius 1 is 1.43 bits per heavy atom. The monoisotopic (exact) mass is 294 g/mol. The van der Waals surface area contributed by atoms with Crippen LogP contribution in [0.25, 0.3) is 0 Å². The van der Waals surface area contributed by atoms with Gasteiger partial charge in [0.25, 0.3) is 0 Å². The van der Waals surface area contributed by atoms with Gasteiger partial charge in [0, 0.05) is 13.1 Å². The van der Waals surface area contributed by atoms with Gasteiger partial charge in [0.15, 0.2) is 0 Å². The van der Waals surface area contributed by atoms with Crippen LogP contribution in [0.3, 0.4) is 0 Å². The van der Waals surface area contributed by atoms with Crippen molar-refractivity contribution in [3.63, 3.8) is 0 Å². The van der Waals surface area contributed by atoms with Crippen LogP contribution in [0.2, 0.25) is 0 Å². The number of pyridine rings is 1. The van der Waals surface area contributed by atoms with E-state index in [1.165, 1.54) is 4.90 Å². The van der Waals surface area contributed by atoms with Crippen molar-refractivity contribution >= 4 is 17.6 Å². The molecule has 1 amide bonds. The molecular formula is C14H22N4O3. The van der Waals surface area contributed by atoms with Crippen LogP contribution in [0.15, 0.2) is 18.3 Å². The molecular weight excluding hydrogens is 272 g/mol. The molecule has 1 aliphatic heterocycles. The minimum atomic E-state index is -0.795. The van der Waals surface area contributed by atoms with Gasteiger partial charge in [0.1, 0.15) is 17.6 Å². The van der Waals surface area contributed by atoms with Gasteiger partial charge in [-0.1, -0.05) is 0 Å². The summed E-state index contributed by atoms with van der Waals surface area (Å²) in [5.74, 6) is 0.431. The van der Waals surface area contributed by atoms with Gasteiger partial charge in [-0.2, -0.15) is 0 Å². The number of amides is 1. The van der Waals surface area contributed by atoms with E-state index in [0.29, 0.717) is 18.9 Å². The second kappa shape index (κ2) is 5.77. The van der Waals surface area contributed by atoms with Crippen molar-refractivity contribution < 1.29 is 14.6 Å². The molecule has 2 rings (SSSR count). The maximum Gasteiger partial charge on any atom is 0.410 e. The fraction of sp³-hybridized carbons (Fsp3) is 0.571. The molecule has 7 heteroatoms. The Bertz CT molecular complexity index is 498. The van der Waals surface area contributed by atoms with E-state index in [4.69, 9.17) is 10.5 Å². The number of ether oxygens (including phenoxy) is 1. The van der Waals surface area contributed by atoms with Crippen molar-refractivity contribution in [2.45, 2.75) is 32.6 Å². The molecule has 0 aromatic carbocycles. The number of nitrogens with zero attached hydrogens (tertiary/aromatic N) is 3. The van der Waals surface area contributed by atoms with Crippen LogP contribution in [0.4, 0.5) is 16.3 Å². The van der Waals surface area contributed by atoms with Crippen LogP contribution >= 0.6 is 0 Å². The van der Waals surface area contributed by atoms with Crippen LogP contribution in [0.5, 0.6) is 0 Å². The standard InChI is InChI=1S/C14H22N4O3/c1-14(2,3)21-13(20)17-6-7-18(12(19)9-17)10-4-5-11(15)16-8-10/h4-5,8,12,19H,6-7,9H2,1-3H3,(H2,15,16). The highest BCUT2D eigenvalue weighted by Gasteiger charge is 2.31. The lowest BCUT2D eigenvalue weighted by atomic mass is 10.2. The summed E-state index contributed by atoms with van der Waals surface area (Å²) in [5, 5.41) is 10.2. The first-order valence-electron chi connectivity index (χ1n) is 6.90. The molecule has 0 bridgehead atoms. The SMILES string of the molecule is CC(C)(C)OC(=O)N1CCN(c2ccc(N)nc2)C(O)C1. The lowest BCUT2D eigenvalue weighted by Crippen LogP contribution is -2.55. The lowest BCUT2D eigenvalue weighted by molar-refractivity contribution is 0.00736. The minimum Gasteiger partial charge on any atom is -0.444 e. The predicted molar refractivity (Wildman–Crippen MR) is 79.8 cm³/mol. The van der Waals surface area contributed by atoms with Crippen molar-refractivity contribution in [3.05, 3.63) is 18.3 Å². The molecule has 7 nitrogen and oxygen atoms in total. The number of carbonyl (C=O) groups excluding carboxylic acids is 1. The minimum absolute atomic E-state index is 0.194. The molecule has 3 N–H and O–H groups in total. The molecule has 0 spiro atoms. The maximum absolute atomic E-state index is 12.0. The van der Waals surface area contributed by atoms with Crippen LogP contribution < -0.4 is 10.6 Å². The summed E-state index contributed by atoms with van der Waals surface area (Å²) in [5.41, 5.74) is 5.79. The Hall–Kier alpha value is -2.02. The molecule has 1 fully saturated rings. The summed E-state index contributed by atoms with van der Waals surface area (Å²) in [7, 11) is 0. The molecule has 1 aromatic rings. The van der Waals surface area contributed by atoms with Gasteiger partial charge in [-0.3, -0.25) is 0 Å². The first-order valence-corrected chi connectivity index (χ1v) is 6.90. The van der Waals surface area contributed by atoms with E-state index in [2.05, 4.69) is 4.98 Å². The number of aromatic nitrogens is 1. The Morgan fingerprint density at radius 2 is 2.14 bits per heavy atom. The number of carbonyl (C=O) groups is 1. The van der Waals surface area contributed by atoms with E-state index >= 15 is 0 Å². The molecule has 0 radical (unpaired) electrons. The number of aliphatic hydroxyl groups excluding tert-OH is 1. The molecule has 0 aliphatic carbocycles. The lowest BCUT2D eigenvalue weighted by Gasteiger charge is -2.40. The van der Waals surface area contributed by atoms with Crippen LogP contribution in [0.1, 0.15) is 20.8 Å². The molecule has 1 aromatic heterocycles. The number of hydrogen-bond donors (Lipinski definition) is 2. The number of hydrogen-bond acceptors (Lipinski definition) is 6. The summed E-state index contributed by atoms with van der Waals surface area (Å²) < 4.78 is 5.31.